The lowest BCUT2D eigenvalue weighted by Crippen LogP contribution is -2.31. The molecule has 3 aliphatic rings. The van der Waals surface area contributed by atoms with Gasteiger partial charge in [-0.2, -0.15) is 0 Å². The predicted octanol–water partition coefficient (Wildman–Crippen LogP) is 4.55. The number of Topliss-reactive ketones (excluding diaryl/α,β-unsaturated/α-hetero) is 1. The van der Waals surface area contributed by atoms with E-state index < -0.39 is 4.92 Å². The highest BCUT2D eigenvalue weighted by molar-refractivity contribution is 6.07. The normalized spacial score (nSPS) is 23.3. The second-order valence-corrected chi connectivity index (χ2v) is 7.50. The van der Waals surface area contributed by atoms with E-state index in [4.69, 9.17) is 4.74 Å². The molecule has 4 rings (SSSR count). The van der Waals surface area contributed by atoms with Gasteiger partial charge in [-0.05, 0) is 56.0 Å². The number of benzene rings is 1. The van der Waals surface area contributed by atoms with Gasteiger partial charge in [0.2, 0.25) is 0 Å². The van der Waals surface area contributed by atoms with Crippen LogP contribution in [0, 0.1) is 21.4 Å². The number of non-ortho nitro benzene ring substituents is 1. The molecule has 0 unspecified atom stereocenters. The number of nitrogens with zero attached hydrogens (tertiary/aromatic N) is 1. The van der Waals surface area contributed by atoms with Crippen molar-refractivity contribution in [3.8, 4) is 5.75 Å². The fourth-order valence-corrected chi connectivity index (χ4v) is 4.36. The molecule has 0 heterocycles. The first-order valence-corrected chi connectivity index (χ1v) is 8.90. The summed E-state index contributed by atoms with van der Waals surface area (Å²) in [6.45, 7) is 6.58. The number of carbonyl (C=O) groups excluding carboxylic acids is 1. The van der Waals surface area contributed by atoms with Gasteiger partial charge in [-0.15, -0.1) is 0 Å². The van der Waals surface area contributed by atoms with Crippen molar-refractivity contribution in [1.82, 2.24) is 0 Å². The minimum Gasteiger partial charge on any atom is -0.489 e. The van der Waals surface area contributed by atoms with E-state index in [9.17, 15) is 14.9 Å². The van der Waals surface area contributed by atoms with E-state index in [0.29, 0.717) is 12.4 Å². The fourth-order valence-electron chi connectivity index (χ4n) is 4.36. The van der Waals surface area contributed by atoms with Crippen LogP contribution in [0.2, 0.25) is 0 Å². The molecule has 1 atom stereocenters. The Morgan fingerprint density at radius 2 is 1.88 bits per heavy atom. The number of carbonyl (C=O) groups is 1. The predicted molar refractivity (Wildman–Crippen MR) is 97.9 cm³/mol. The van der Waals surface area contributed by atoms with Gasteiger partial charge in [0, 0.05) is 34.6 Å². The van der Waals surface area contributed by atoms with Crippen LogP contribution in [0.25, 0.3) is 0 Å². The highest BCUT2D eigenvalue weighted by Crippen LogP contribution is 2.63. The topological polar surface area (TPSA) is 69.4 Å². The molecule has 1 saturated carbocycles. The number of hydrogen-bond donors (Lipinski definition) is 0. The molecule has 1 spiro atoms. The Bertz CT molecular complexity index is 914. The number of allylic oxidation sites excluding steroid dienone is 4. The number of rotatable bonds is 4. The van der Waals surface area contributed by atoms with E-state index in [2.05, 4.69) is 13.8 Å². The van der Waals surface area contributed by atoms with Crippen molar-refractivity contribution in [3.63, 3.8) is 0 Å². The van der Waals surface area contributed by atoms with Crippen molar-refractivity contribution < 1.29 is 14.5 Å². The van der Waals surface area contributed by atoms with Gasteiger partial charge in [-0.1, -0.05) is 12.5 Å². The van der Waals surface area contributed by atoms with Gasteiger partial charge in [0.15, 0.2) is 5.78 Å². The molecule has 26 heavy (non-hydrogen) atoms. The lowest BCUT2D eigenvalue weighted by Gasteiger charge is -2.32. The average Bonchev–Trinajstić information content (AvgIpc) is 3.36. The van der Waals surface area contributed by atoms with Crippen LogP contribution in [0.4, 0.5) is 5.69 Å². The molecule has 3 aliphatic carbocycles. The van der Waals surface area contributed by atoms with E-state index >= 15 is 0 Å². The quantitative estimate of drug-likeness (QED) is 0.589. The largest absolute Gasteiger partial charge is 0.489 e. The summed E-state index contributed by atoms with van der Waals surface area (Å²) in [5, 5.41) is 10.8. The maximum Gasteiger partial charge on any atom is 0.269 e. The van der Waals surface area contributed by atoms with Crippen LogP contribution in [0.3, 0.4) is 0 Å². The lowest BCUT2D eigenvalue weighted by atomic mass is 9.70. The molecule has 0 amide bonds. The number of ether oxygens (including phenoxy) is 1. The summed E-state index contributed by atoms with van der Waals surface area (Å²) < 4.78 is 5.88. The molecule has 5 nitrogen and oxygen atoms in total. The van der Waals surface area contributed by atoms with Crippen molar-refractivity contribution >= 4 is 11.5 Å². The minimum atomic E-state index is -0.429. The third-order valence-corrected chi connectivity index (χ3v) is 6.24. The summed E-state index contributed by atoms with van der Waals surface area (Å²) in [6.07, 6.45) is 4.15. The Morgan fingerprint density at radius 1 is 1.23 bits per heavy atom. The Morgan fingerprint density at radius 3 is 2.46 bits per heavy atom. The number of nitro groups is 1. The Balaban J connectivity index is 1.60. The lowest BCUT2D eigenvalue weighted by molar-refractivity contribution is -0.384. The number of hydrogen-bond acceptors (Lipinski definition) is 4. The first-order chi connectivity index (χ1) is 12.3. The van der Waals surface area contributed by atoms with Crippen molar-refractivity contribution in [2.45, 2.75) is 33.6 Å². The maximum absolute atomic E-state index is 12.8. The van der Waals surface area contributed by atoms with Crippen LogP contribution in [-0.2, 0) is 4.79 Å². The van der Waals surface area contributed by atoms with Gasteiger partial charge in [0.25, 0.3) is 5.69 Å². The van der Waals surface area contributed by atoms with Crippen LogP contribution in [0.5, 0.6) is 5.75 Å². The zero-order valence-electron chi connectivity index (χ0n) is 15.2. The molecule has 0 radical (unpaired) electrons. The molecule has 0 aliphatic heterocycles. The second-order valence-electron chi connectivity index (χ2n) is 7.50. The summed E-state index contributed by atoms with van der Waals surface area (Å²) in [5.74, 6) is 0.882. The van der Waals surface area contributed by atoms with Gasteiger partial charge >= 0.3 is 0 Å². The fraction of sp³-hybridized carbons (Fsp3) is 0.381. The summed E-state index contributed by atoms with van der Waals surface area (Å²) in [7, 11) is 0. The van der Waals surface area contributed by atoms with Gasteiger partial charge in [-0.25, -0.2) is 0 Å². The SMILES string of the molecule is CC1=C(COc2ccc([N+](=O)[O-])cc2)C2=C(C)C3(CC3)[C@H](C)C(=O)C2=C1. The zero-order valence-corrected chi connectivity index (χ0v) is 15.2. The minimum absolute atomic E-state index is 0.0404. The molecule has 0 bridgehead atoms. The summed E-state index contributed by atoms with van der Waals surface area (Å²) >= 11 is 0. The van der Waals surface area contributed by atoms with Gasteiger partial charge in [0.1, 0.15) is 12.4 Å². The molecule has 0 aromatic heterocycles. The molecule has 1 aromatic rings. The van der Waals surface area contributed by atoms with Crippen molar-refractivity contribution in [3.05, 3.63) is 68.3 Å². The number of fused-ring (bicyclic) bond motifs is 1. The molecule has 134 valence electrons. The van der Waals surface area contributed by atoms with Crippen molar-refractivity contribution in [2.24, 2.45) is 11.3 Å². The van der Waals surface area contributed by atoms with Crippen molar-refractivity contribution in [1.29, 1.82) is 0 Å². The highest BCUT2D eigenvalue weighted by Gasteiger charge is 2.56. The molecule has 0 N–H and O–H groups in total. The van der Waals surface area contributed by atoms with E-state index in [0.717, 1.165) is 35.1 Å². The summed E-state index contributed by atoms with van der Waals surface area (Å²) in [5.41, 5.74) is 5.43. The molecule has 1 fully saturated rings. The van der Waals surface area contributed by atoms with Gasteiger partial charge < -0.3 is 4.74 Å². The zero-order chi connectivity index (χ0) is 18.6. The van der Waals surface area contributed by atoms with Crippen LogP contribution in [-0.4, -0.2) is 17.3 Å². The third kappa shape index (κ3) is 2.34. The van der Waals surface area contributed by atoms with E-state index in [1.54, 1.807) is 12.1 Å². The monoisotopic (exact) mass is 351 g/mol. The molecule has 1 aromatic carbocycles. The smallest absolute Gasteiger partial charge is 0.269 e. The van der Waals surface area contributed by atoms with Crippen molar-refractivity contribution in [2.75, 3.05) is 6.61 Å². The first kappa shape index (κ1) is 16.8. The molecule has 5 heteroatoms. The number of ketones is 1. The maximum atomic E-state index is 12.8. The third-order valence-electron chi connectivity index (χ3n) is 6.24. The highest BCUT2D eigenvalue weighted by atomic mass is 16.6. The standard InChI is InChI=1S/C21H21NO4/c1-12-10-17-19(13(2)21(8-9-21)14(3)20(17)23)18(12)11-26-16-6-4-15(5-7-16)22(24)25/h4-7,10,14H,8-9,11H2,1-3H3/t14-/m1/s1. The Labute approximate surface area is 152 Å². The van der Waals surface area contributed by atoms with Crippen LogP contribution < -0.4 is 4.74 Å². The van der Waals surface area contributed by atoms with E-state index in [1.165, 1.54) is 17.7 Å². The van der Waals surface area contributed by atoms with Gasteiger partial charge in [-0.3, -0.25) is 14.9 Å². The molecular formula is C21H21NO4. The van der Waals surface area contributed by atoms with Crippen LogP contribution in [0.15, 0.2) is 58.2 Å². The summed E-state index contributed by atoms with van der Waals surface area (Å²) in [6, 6.07) is 6.08. The molecular weight excluding hydrogens is 330 g/mol. The van der Waals surface area contributed by atoms with E-state index in [1.807, 2.05) is 13.0 Å². The number of nitro benzene ring substituents is 1. The summed E-state index contributed by atoms with van der Waals surface area (Å²) in [4.78, 5) is 23.2. The second kappa shape index (κ2) is 5.66. The van der Waals surface area contributed by atoms with Crippen LogP contribution in [0.1, 0.15) is 33.6 Å². The first-order valence-electron chi connectivity index (χ1n) is 8.90. The Hall–Kier alpha value is -2.69. The Kier molecular flexibility index (Phi) is 3.65. The van der Waals surface area contributed by atoms with E-state index in [-0.39, 0.29) is 22.8 Å². The van der Waals surface area contributed by atoms with Crippen LogP contribution >= 0.6 is 0 Å². The van der Waals surface area contributed by atoms with Gasteiger partial charge in [0.05, 0.1) is 4.92 Å². The average molecular weight is 351 g/mol. The molecule has 0 saturated heterocycles.